The van der Waals surface area contributed by atoms with Crippen molar-refractivity contribution in [2.24, 2.45) is 0 Å². The van der Waals surface area contributed by atoms with E-state index in [1.807, 2.05) is 0 Å². The molecule has 1 saturated heterocycles. The minimum Gasteiger partial charge on any atom is -0.465 e. The summed E-state index contributed by atoms with van der Waals surface area (Å²) in [5.74, 6) is -1.61. The number of ether oxygens (including phenoxy) is 1. The summed E-state index contributed by atoms with van der Waals surface area (Å²) in [6.45, 7) is 0.805. The van der Waals surface area contributed by atoms with Gasteiger partial charge in [-0.3, -0.25) is 4.79 Å². The van der Waals surface area contributed by atoms with E-state index in [1.54, 1.807) is 0 Å². The Balaban J connectivity index is 1.77. The van der Waals surface area contributed by atoms with Gasteiger partial charge in [0.15, 0.2) is 0 Å². The van der Waals surface area contributed by atoms with E-state index in [4.69, 9.17) is 0 Å². The first-order valence-electron chi connectivity index (χ1n) is 8.80. The van der Waals surface area contributed by atoms with Gasteiger partial charge >= 0.3 is 12.1 Å². The number of esters is 1. The summed E-state index contributed by atoms with van der Waals surface area (Å²) in [5.41, 5.74) is -0.857. The molecule has 3 rings (SSSR count). The second-order valence-electron chi connectivity index (χ2n) is 6.51. The molecule has 1 aliphatic rings. The van der Waals surface area contributed by atoms with Gasteiger partial charge in [0.1, 0.15) is 5.82 Å². The van der Waals surface area contributed by atoms with Gasteiger partial charge in [-0.25, -0.2) is 9.18 Å². The van der Waals surface area contributed by atoms with Gasteiger partial charge in [-0.15, -0.1) is 0 Å². The minimum absolute atomic E-state index is 0.0564. The first kappa shape index (κ1) is 20.6. The first-order valence-corrected chi connectivity index (χ1v) is 8.80. The van der Waals surface area contributed by atoms with Crippen LogP contribution in [0.3, 0.4) is 0 Å². The van der Waals surface area contributed by atoms with Crippen molar-refractivity contribution in [3.8, 4) is 0 Å². The Hall–Kier alpha value is -3.10. The number of halogens is 4. The number of anilines is 1. The van der Waals surface area contributed by atoms with Crippen molar-refractivity contribution in [1.82, 2.24) is 4.90 Å². The van der Waals surface area contributed by atoms with Gasteiger partial charge in [0.05, 0.1) is 18.2 Å². The predicted molar refractivity (Wildman–Crippen MR) is 97.3 cm³/mol. The second-order valence-corrected chi connectivity index (χ2v) is 6.51. The van der Waals surface area contributed by atoms with E-state index in [-0.39, 0.29) is 43.3 Å². The molecule has 154 valence electrons. The molecule has 29 heavy (non-hydrogen) atoms. The molecule has 1 aliphatic heterocycles. The smallest absolute Gasteiger partial charge is 0.418 e. The van der Waals surface area contributed by atoms with Crippen LogP contribution >= 0.6 is 0 Å². The van der Waals surface area contributed by atoms with Crippen molar-refractivity contribution in [3.63, 3.8) is 0 Å². The third kappa shape index (κ3) is 4.49. The number of methoxy groups -OCH3 is 1. The van der Waals surface area contributed by atoms with Crippen molar-refractivity contribution < 1.29 is 31.9 Å². The fourth-order valence-electron chi connectivity index (χ4n) is 3.21. The minimum atomic E-state index is -4.65. The Kier molecular flexibility index (Phi) is 5.76. The number of benzene rings is 2. The molecule has 0 atom stereocenters. The fourth-order valence-corrected chi connectivity index (χ4v) is 3.21. The molecule has 0 aromatic heterocycles. The highest BCUT2D eigenvalue weighted by atomic mass is 19.4. The molecule has 9 heteroatoms. The van der Waals surface area contributed by atoms with Crippen LogP contribution in [0.2, 0.25) is 0 Å². The SMILES string of the molecule is COC(=O)c1ccc(N2CCN(C(=O)c3ccc(F)cc3)CC2)c(C(F)(F)F)c1. The van der Waals surface area contributed by atoms with Gasteiger partial charge in [0.25, 0.3) is 5.91 Å². The number of rotatable bonds is 3. The average molecular weight is 410 g/mol. The molecule has 2 aromatic rings. The van der Waals surface area contributed by atoms with Crippen LogP contribution in [0.1, 0.15) is 26.3 Å². The number of hydrogen-bond donors (Lipinski definition) is 0. The molecule has 0 saturated carbocycles. The topological polar surface area (TPSA) is 49.9 Å². The number of hydrogen-bond acceptors (Lipinski definition) is 4. The van der Waals surface area contributed by atoms with E-state index in [0.29, 0.717) is 5.56 Å². The summed E-state index contributed by atoms with van der Waals surface area (Å²) in [6.07, 6.45) is -4.65. The number of alkyl halides is 3. The molecule has 0 aliphatic carbocycles. The predicted octanol–water partition coefficient (Wildman–Crippen LogP) is 3.59. The number of piperazine rings is 1. The molecule has 1 fully saturated rings. The standard InChI is InChI=1S/C20H18F4N2O3/c1-29-19(28)14-4-7-17(16(12-14)20(22,23)24)25-8-10-26(11-9-25)18(27)13-2-5-15(21)6-3-13/h2-7,12H,8-11H2,1H3. The van der Waals surface area contributed by atoms with Crippen LogP contribution in [0.4, 0.5) is 23.2 Å². The zero-order valence-corrected chi connectivity index (χ0v) is 15.5. The van der Waals surface area contributed by atoms with E-state index >= 15 is 0 Å². The highest BCUT2D eigenvalue weighted by Crippen LogP contribution is 2.37. The summed E-state index contributed by atoms with van der Waals surface area (Å²) in [7, 11) is 1.10. The van der Waals surface area contributed by atoms with Crippen LogP contribution in [-0.2, 0) is 10.9 Å². The molecular formula is C20H18F4N2O3. The van der Waals surface area contributed by atoms with E-state index in [2.05, 4.69) is 4.74 Å². The lowest BCUT2D eigenvalue weighted by Gasteiger charge is -2.37. The number of carbonyl (C=O) groups is 2. The lowest BCUT2D eigenvalue weighted by molar-refractivity contribution is -0.137. The average Bonchev–Trinajstić information content (AvgIpc) is 2.72. The summed E-state index contributed by atoms with van der Waals surface area (Å²) >= 11 is 0. The van der Waals surface area contributed by atoms with E-state index in [1.165, 1.54) is 46.2 Å². The van der Waals surface area contributed by atoms with Crippen molar-refractivity contribution in [3.05, 3.63) is 65.0 Å². The molecule has 0 spiro atoms. The van der Waals surface area contributed by atoms with E-state index < -0.39 is 23.5 Å². The maximum absolute atomic E-state index is 13.5. The van der Waals surface area contributed by atoms with E-state index in [0.717, 1.165) is 13.2 Å². The maximum Gasteiger partial charge on any atom is 0.418 e. The van der Waals surface area contributed by atoms with Crippen LogP contribution in [0, 0.1) is 5.82 Å². The fraction of sp³-hybridized carbons (Fsp3) is 0.300. The third-order valence-corrected chi connectivity index (χ3v) is 4.72. The van der Waals surface area contributed by atoms with Crippen LogP contribution in [-0.4, -0.2) is 50.1 Å². The van der Waals surface area contributed by atoms with Crippen molar-refractivity contribution in [2.75, 3.05) is 38.2 Å². The van der Waals surface area contributed by atoms with Crippen LogP contribution in [0.15, 0.2) is 42.5 Å². The molecule has 0 N–H and O–H groups in total. The second kappa shape index (κ2) is 8.10. The molecule has 1 amide bonds. The summed E-state index contributed by atoms with van der Waals surface area (Å²) in [6, 6.07) is 8.41. The Morgan fingerprint density at radius 3 is 2.07 bits per heavy atom. The summed E-state index contributed by atoms with van der Waals surface area (Å²) < 4.78 is 58.1. The van der Waals surface area contributed by atoms with Gasteiger partial charge in [-0.05, 0) is 42.5 Å². The highest BCUT2D eigenvalue weighted by molar-refractivity contribution is 5.94. The quantitative estimate of drug-likeness (QED) is 0.573. The van der Waals surface area contributed by atoms with Gasteiger partial charge in [0, 0.05) is 37.4 Å². The zero-order chi connectivity index (χ0) is 21.2. The van der Waals surface area contributed by atoms with Gasteiger partial charge < -0.3 is 14.5 Å². The molecule has 2 aromatic carbocycles. The van der Waals surface area contributed by atoms with Crippen molar-refractivity contribution in [2.45, 2.75) is 6.18 Å². The van der Waals surface area contributed by atoms with Gasteiger partial charge in [0.2, 0.25) is 0 Å². The van der Waals surface area contributed by atoms with Crippen molar-refractivity contribution in [1.29, 1.82) is 0 Å². The summed E-state index contributed by atoms with van der Waals surface area (Å²) in [4.78, 5) is 27.1. The molecule has 0 bridgehead atoms. The highest BCUT2D eigenvalue weighted by Gasteiger charge is 2.36. The number of amides is 1. The molecule has 1 heterocycles. The monoisotopic (exact) mass is 410 g/mol. The van der Waals surface area contributed by atoms with Gasteiger partial charge in [-0.2, -0.15) is 13.2 Å². The molecular weight excluding hydrogens is 392 g/mol. The van der Waals surface area contributed by atoms with Crippen LogP contribution in [0.5, 0.6) is 0 Å². The molecule has 0 unspecified atom stereocenters. The van der Waals surface area contributed by atoms with E-state index in [9.17, 15) is 27.2 Å². The largest absolute Gasteiger partial charge is 0.465 e. The first-order chi connectivity index (χ1) is 13.7. The number of nitrogens with zero attached hydrogens (tertiary/aromatic N) is 2. The Morgan fingerprint density at radius 1 is 0.931 bits per heavy atom. The van der Waals surface area contributed by atoms with Crippen molar-refractivity contribution >= 4 is 17.6 Å². The molecule has 5 nitrogen and oxygen atoms in total. The maximum atomic E-state index is 13.5. The van der Waals surface area contributed by atoms with Crippen LogP contribution < -0.4 is 4.90 Å². The Morgan fingerprint density at radius 2 is 1.52 bits per heavy atom. The lowest BCUT2D eigenvalue weighted by atomic mass is 10.1. The van der Waals surface area contributed by atoms with Crippen LogP contribution in [0.25, 0.3) is 0 Å². The normalized spacial score (nSPS) is 14.7. The lowest BCUT2D eigenvalue weighted by Crippen LogP contribution is -2.49. The summed E-state index contributed by atoms with van der Waals surface area (Å²) in [5, 5.41) is 0. The Bertz CT molecular complexity index is 905. The Labute approximate surface area is 164 Å². The number of carbonyl (C=O) groups excluding carboxylic acids is 2. The van der Waals surface area contributed by atoms with Gasteiger partial charge in [-0.1, -0.05) is 0 Å². The molecule has 0 radical (unpaired) electrons. The zero-order valence-electron chi connectivity index (χ0n) is 15.5. The third-order valence-electron chi connectivity index (χ3n) is 4.72.